The molecule has 0 radical (unpaired) electrons. The van der Waals surface area contributed by atoms with Crippen molar-refractivity contribution >= 4 is 0 Å². The molecular weight excluding hydrogens is 236 g/mol. The van der Waals surface area contributed by atoms with Gasteiger partial charge in [-0.05, 0) is 38.4 Å². The molecule has 0 amide bonds. The molecular formula is C16H26N2O. The van der Waals surface area contributed by atoms with E-state index in [-0.39, 0.29) is 0 Å². The molecule has 0 bridgehead atoms. The van der Waals surface area contributed by atoms with E-state index in [1.807, 2.05) is 18.2 Å². The molecule has 0 aromatic heterocycles. The minimum Gasteiger partial charge on any atom is -0.508 e. The van der Waals surface area contributed by atoms with Crippen molar-refractivity contribution in [1.82, 2.24) is 10.2 Å². The number of benzene rings is 1. The van der Waals surface area contributed by atoms with Crippen molar-refractivity contribution in [3.8, 4) is 5.75 Å². The van der Waals surface area contributed by atoms with Gasteiger partial charge in [-0.15, -0.1) is 0 Å². The summed E-state index contributed by atoms with van der Waals surface area (Å²) in [5, 5.41) is 13.5. The Morgan fingerprint density at radius 3 is 2.84 bits per heavy atom. The number of hydrogen-bond acceptors (Lipinski definition) is 3. The van der Waals surface area contributed by atoms with E-state index in [0.717, 1.165) is 38.2 Å². The van der Waals surface area contributed by atoms with Crippen molar-refractivity contribution < 1.29 is 5.11 Å². The van der Waals surface area contributed by atoms with Gasteiger partial charge in [0.25, 0.3) is 0 Å². The van der Waals surface area contributed by atoms with Crippen molar-refractivity contribution in [2.45, 2.75) is 45.2 Å². The molecule has 19 heavy (non-hydrogen) atoms. The van der Waals surface area contributed by atoms with Crippen LogP contribution in [0.2, 0.25) is 0 Å². The third kappa shape index (κ3) is 4.51. The summed E-state index contributed by atoms with van der Waals surface area (Å²) < 4.78 is 0. The molecule has 0 saturated carbocycles. The lowest BCUT2D eigenvalue weighted by atomic mass is 10.0. The maximum Gasteiger partial charge on any atom is 0.120 e. The highest BCUT2D eigenvalue weighted by molar-refractivity contribution is 5.31. The molecule has 1 aromatic carbocycles. The van der Waals surface area contributed by atoms with Gasteiger partial charge in [0.15, 0.2) is 0 Å². The fourth-order valence-electron chi connectivity index (χ4n) is 2.83. The van der Waals surface area contributed by atoms with Crippen LogP contribution in [0.1, 0.15) is 38.2 Å². The van der Waals surface area contributed by atoms with Gasteiger partial charge in [0.1, 0.15) is 5.75 Å². The zero-order chi connectivity index (χ0) is 13.5. The van der Waals surface area contributed by atoms with Crippen molar-refractivity contribution in [2.24, 2.45) is 0 Å². The average molecular weight is 262 g/mol. The highest BCUT2D eigenvalue weighted by Crippen LogP contribution is 2.19. The molecule has 3 nitrogen and oxygen atoms in total. The van der Waals surface area contributed by atoms with E-state index in [1.54, 1.807) is 6.07 Å². The Balaban J connectivity index is 1.93. The largest absolute Gasteiger partial charge is 0.508 e. The van der Waals surface area contributed by atoms with Crippen LogP contribution in [0.25, 0.3) is 0 Å². The second-order valence-corrected chi connectivity index (χ2v) is 5.51. The van der Waals surface area contributed by atoms with Crippen molar-refractivity contribution in [1.29, 1.82) is 0 Å². The predicted molar refractivity (Wildman–Crippen MR) is 79.3 cm³/mol. The molecule has 2 rings (SSSR count). The molecule has 1 aliphatic heterocycles. The number of phenols is 1. The first-order chi connectivity index (χ1) is 9.29. The number of para-hydroxylation sites is 1. The van der Waals surface area contributed by atoms with Gasteiger partial charge in [0.05, 0.1) is 0 Å². The van der Waals surface area contributed by atoms with Crippen LogP contribution in [0.5, 0.6) is 5.75 Å². The topological polar surface area (TPSA) is 35.5 Å². The summed E-state index contributed by atoms with van der Waals surface area (Å²) in [6.07, 6.45) is 5.08. The zero-order valence-corrected chi connectivity index (χ0v) is 11.9. The Labute approximate surface area is 116 Å². The van der Waals surface area contributed by atoms with Crippen molar-refractivity contribution in [2.75, 3.05) is 19.6 Å². The minimum absolute atomic E-state index is 0.417. The van der Waals surface area contributed by atoms with Crippen LogP contribution in [-0.2, 0) is 6.54 Å². The molecule has 0 spiro atoms. The average Bonchev–Trinajstić information content (AvgIpc) is 2.43. The number of nitrogens with zero attached hydrogens (tertiary/aromatic N) is 1. The third-order valence-corrected chi connectivity index (χ3v) is 3.82. The van der Waals surface area contributed by atoms with Crippen LogP contribution in [0.4, 0.5) is 0 Å². The van der Waals surface area contributed by atoms with Gasteiger partial charge in [0.2, 0.25) is 0 Å². The van der Waals surface area contributed by atoms with E-state index in [2.05, 4.69) is 17.1 Å². The Bertz CT molecular complexity index is 375. The van der Waals surface area contributed by atoms with Gasteiger partial charge in [-0.3, -0.25) is 4.90 Å². The lowest BCUT2D eigenvalue weighted by Gasteiger charge is -2.30. The van der Waals surface area contributed by atoms with E-state index in [9.17, 15) is 5.11 Å². The minimum atomic E-state index is 0.417. The Kier molecular flexibility index (Phi) is 5.67. The second-order valence-electron chi connectivity index (χ2n) is 5.51. The van der Waals surface area contributed by atoms with E-state index in [4.69, 9.17) is 0 Å². The van der Waals surface area contributed by atoms with E-state index in [0.29, 0.717) is 11.8 Å². The first-order valence-corrected chi connectivity index (χ1v) is 7.52. The number of piperidine rings is 1. The summed E-state index contributed by atoms with van der Waals surface area (Å²) >= 11 is 0. The van der Waals surface area contributed by atoms with Crippen LogP contribution in [0, 0.1) is 0 Å². The Morgan fingerprint density at radius 1 is 1.32 bits per heavy atom. The van der Waals surface area contributed by atoms with Crippen LogP contribution in [0.15, 0.2) is 24.3 Å². The lowest BCUT2D eigenvalue weighted by molar-refractivity contribution is 0.215. The number of aromatic hydroxyl groups is 1. The molecule has 1 fully saturated rings. The molecule has 3 heteroatoms. The van der Waals surface area contributed by atoms with Crippen LogP contribution >= 0.6 is 0 Å². The van der Waals surface area contributed by atoms with Crippen LogP contribution in [-0.4, -0.2) is 35.7 Å². The normalized spacial score (nSPS) is 19.8. The quantitative estimate of drug-likeness (QED) is 0.827. The molecule has 1 saturated heterocycles. The molecule has 1 aliphatic rings. The summed E-state index contributed by atoms with van der Waals surface area (Å²) in [6, 6.07) is 8.29. The molecule has 106 valence electrons. The fourth-order valence-corrected chi connectivity index (χ4v) is 2.83. The maximum atomic E-state index is 9.89. The number of hydrogen-bond donors (Lipinski definition) is 2. The number of rotatable bonds is 6. The van der Waals surface area contributed by atoms with Crippen molar-refractivity contribution in [3.05, 3.63) is 29.8 Å². The Hall–Kier alpha value is -1.06. The van der Waals surface area contributed by atoms with E-state index in [1.165, 1.54) is 19.3 Å². The zero-order valence-electron chi connectivity index (χ0n) is 11.9. The SMILES string of the molecule is CCCN(Cc1ccccc1O)CC1CCCCN1. The molecule has 1 aromatic rings. The third-order valence-electron chi connectivity index (χ3n) is 3.82. The van der Waals surface area contributed by atoms with E-state index < -0.39 is 0 Å². The van der Waals surface area contributed by atoms with Gasteiger partial charge < -0.3 is 10.4 Å². The highest BCUT2D eigenvalue weighted by Gasteiger charge is 2.17. The van der Waals surface area contributed by atoms with Gasteiger partial charge in [-0.1, -0.05) is 31.5 Å². The van der Waals surface area contributed by atoms with Gasteiger partial charge in [-0.2, -0.15) is 0 Å². The standard InChI is InChI=1S/C16H26N2O/c1-2-11-18(13-15-8-5-6-10-17-15)12-14-7-3-4-9-16(14)19/h3-4,7,9,15,17,19H,2,5-6,8,10-13H2,1H3. The summed E-state index contributed by atoms with van der Waals surface area (Å²) in [6.45, 7) is 6.39. The van der Waals surface area contributed by atoms with E-state index >= 15 is 0 Å². The fraction of sp³-hybridized carbons (Fsp3) is 0.625. The summed E-state index contributed by atoms with van der Waals surface area (Å²) in [5.74, 6) is 0.417. The predicted octanol–water partition coefficient (Wildman–Crippen LogP) is 2.75. The lowest BCUT2D eigenvalue weighted by Crippen LogP contribution is -2.43. The van der Waals surface area contributed by atoms with Crippen molar-refractivity contribution in [3.63, 3.8) is 0 Å². The smallest absolute Gasteiger partial charge is 0.120 e. The molecule has 1 unspecified atom stereocenters. The monoisotopic (exact) mass is 262 g/mol. The van der Waals surface area contributed by atoms with Crippen LogP contribution < -0.4 is 5.32 Å². The van der Waals surface area contributed by atoms with Crippen LogP contribution in [0.3, 0.4) is 0 Å². The highest BCUT2D eigenvalue weighted by atomic mass is 16.3. The van der Waals surface area contributed by atoms with Gasteiger partial charge in [0, 0.05) is 24.7 Å². The molecule has 2 N–H and O–H groups in total. The Morgan fingerprint density at radius 2 is 2.16 bits per heavy atom. The second kappa shape index (κ2) is 7.51. The first-order valence-electron chi connectivity index (χ1n) is 7.52. The maximum absolute atomic E-state index is 9.89. The number of phenolic OH excluding ortho intramolecular Hbond substituents is 1. The summed E-state index contributed by atoms with van der Waals surface area (Å²) in [7, 11) is 0. The summed E-state index contributed by atoms with van der Waals surface area (Å²) in [4.78, 5) is 2.46. The molecule has 1 heterocycles. The molecule has 1 atom stereocenters. The first kappa shape index (κ1) is 14.4. The summed E-state index contributed by atoms with van der Waals surface area (Å²) in [5.41, 5.74) is 1.03. The number of nitrogens with one attached hydrogen (secondary N) is 1. The molecule has 0 aliphatic carbocycles. The van der Waals surface area contributed by atoms with Gasteiger partial charge in [-0.25, -0.2) is 0 Å². The van der Waals surface area contributed by atoms with Gasteiger partial charge >= 0.3 is 0 Å².